The van der Waals surface area contributed by atoms with Crippen molar-refractivity contribution < 1.29 is 19.4 Å². The van der Waals surface area contributed by atoms with Gasteiger partial charge in [-0.1, -0.05) is 6.07 Å². The normalized spacial score (nSPS) is 10.8. The standard InChI is InChI=1S/C14H20N2O4S/c1-14(2,21-3)9-15-13(19)16-10-5-4-6-11(7-10)20-8-12(17)18/h4-7H,8-9H2,1-3H3,(H,17,18)(H2,15,16,19). The van der Waals surface area contributed by atoms with Gasteiger partial charge in [0.05, 0.1) is 0 Å². The number of carboxylic acid groups (broad SMARTS) is 1. The highest BCUT2D eigenvalue weighted by atomic mass is 32.2. The molecule has 0 spiro atoms. The van der Waals surface area contributed by atoms with E-state index in [1.54, 1.807) is 36.0 Å². The molecule has 0 aliphatic heterocycles. The number of benzene rings is 1. The van der Waals surface area contributed by atoms with Crippen LogP contribution in [0.15, 0.2) is 24.3 Å². The Morgan fingerprint density at radius 2 is 2.10 bits per heavy atom. The van der Waals surface area contributed by atoms with Crippen molar-refractivity contribution in [1.82, 2.24) is 5.32 Å². The predicted molar refractivity (Wildman–Crippen MR) is 84.2 cm³/mol. The van der Waals surface area contributed by atoms with Gasteiger partial charge < -0.3 is 20.5 Å². The third-order valence-corrected chi connectivity index (χ3v) is 3.93. The van der Waals surface area contributed by atoms with E-state index < -0.39 is 12.6 Å². The zero-order chi connectivity index (χ0) is 15.9. The van der Waals surface area contributed by atoms with Crippen LogP contribution in [0.1, 0.15) is 13.8 Å². The number of hydrogen-bond acceptors (Lipinski definition) is 4. The zero-order valence-corrected chi connectivity index (χ0v) is 13.1. The Labute approximate surface area is 128 Å². The Kier molecular flexibility index (Phi) is 6.36. The van der Waals surface area contributed by atoms with Crippen LogP contribution in [0, 0.1) is 0 Å². The first-order valence-electron chi connectivity index (χ1n) is 6.37. The number of anilines is 1. The van der Waals surface area contributed by atoms with Gasteiger partial charge in [-0.05, 0) is 32.2 Å². The molecular formula is C14H20N2O4S. The summed E-state index contributed by atoms with van der Waals surface area (Å²) in [4.78, 5) is 22.2. The van der Waals surface area contributed by atoms with Crippen LogP contribution in [0.5, 0.6) is 5.75 Å². The van der Waals surface area contributed by atoms with E-state index >= 15 is 0 Å². The van der Waals surface area contributed by atoms with E-state index in [9.17, 15) is 9.59 Å². The molecule has 0 aliphatic carbocycles. The summed E-state index contributed by atoms with van der Waals surface area (Å²) in [5.41, 5.74) is 0.539. The zero-order valence-electron chi connectivity index (χ0n) is 12.3. The van der Waals surface area contributed by atoms with Gasteiger partial charge in [0.1, 0.15) is 5.75 Å². The molecule has 0 heterocycles. The molecule has 0 radical (unpaired) electrons. The second-order valence-corrected chi connectivity index (χ2v) is 6.50. The van der Waals surface area contributed by atoms with Gasteiger partial charge in [0.15, 0.2) is 6.61 Å². The lowest BCUT2D eigenvalue weighted by Crippen LogP contribution is -2.38. The average molecular weight is 312 g/mol. The molecule has 0 saturated carbocycles. The lowest BCUT2D eigenvalue weighted by Gasteiger charge is -2.22. The number of ether oxygens (including phenoxy) is 1. The summed E-state index contributed by atoms with van der Waals surface area (Å²) in [5.74, 6) is -0.662. The second kappa shape index (κ2) is 7.78. The number of carbonyl (C=O) groups excluding carboxylic acids is 1. The number of hydrogen-bond donors (Lipinski definition) is 3. The van der Waals surface area contributed by atoms with Crippen molar-refractivity contribution in [3.63, 3.8) is 0 Å². The number of rotatable bonds is 7. The summed E-state index contributed by atoms with van der Waals surface area (Å²) < 4.78 is 5.01. The molecular weight excluding hydrogens is 292 g/mol. The van der Waals surface area contributed by atoms with Gasteiger partial charge in [0.2, 0.25) is 0 Å². The molecule has 2 amide bonds. The minimum absolute atomic E-state index is 0.0379. The lowest BCUT2D eigenvalue weighted by molar-refractivity contribution is -0.139. The fraction of sp³-hybridized carbons (Fsp3) is 0.429. The van der Waals surface area contributed by atoms with Crippen molar-refractivity contribution in [3.05, 3.63) is 24.3 Å². The van der Waals surface area contributed by atoms with Gasteiger partial charge in [-0.15, -0.1) is 0 Å². The van der Waals surface area contributed by atoms with E-state index in [-0.39, 0.29) is 10.8 Å². The van der Waals surface area contributed by atoms with Crippen LogP contribution in [0.3, 0.4) is 0 Å². The Balaban J connectivity index is 2.52. The number of urea groups is 1. The van der Waals surface area contributed by atoms with Crippen LogP contribution in [0.2, 0.25) is 0 Å². The summed E-state index contributed by atoms with van der Waals surface area (Å²) in [7, 11) is 0. The third kappa shape index (κ3) is 6.89. The van der Waals surface area contributed by atoms with Gasteiger partial charge in [0, 0.05) is 23.0 Å². The number of nitrogens with one attached hydrogen (secondary N) is 2. The molecule has 6 nitrogen and oxygen atoms in total. The number of carbonyl (C=O) groups is 2. The van der Waals surface area contributed by atoms with Gasteiger partial charge >= 0.3 is 12.0 Å². The highest BCUT2D eigenvalue weighted by Gasteiger charge is 2.16. The average Bonchev–Trinajstić information content (AvgIpc) is 2.43. The molecule has 7 heteroatoms. The molecule has 1 aromatic carbocycles. The minimum atomic E-state index is -1.05. The van der Waals surface area contributed by atoms with Crippen molar-refractivity contribution in [1.29, 1.82) is 0 Å². The summed E-state index contributed by atoms with van der Waals surface area (Å²) in [6.07, 6.45) is 1.99. The maximum Gasteiger partial charge on any atom is 0.341 e. The topological polar surface area (TPSA) is 87.7 Å². The fourth-order valence-electron chi connectivity index (χ4n) is 1.35. The van der Waals surface area contributed by atoms with Crippen molar-refractivity contribution in [2.75, 3.05) is 24.7 Å². The van der Waals surface area contributed by atoms with E-state index in [0.29, 0.717) is 18.0 Å². The van der Waals surface area contributed by atoms with Crippen molar-refractivity contribution in [3.8, 4) is 5.75 Å². The van der Waals surface area contributed by atoms with Crippen LogP contribution in [0.25, 0.3) is 0 Å². The monoisotopic (exact) mass is 312 g/mol. The van der Waals surface area contributed by atoms with Crippen molar-refractivity contribution >= 4 is 29.4 Å². The van der Waals surface area contributed by atoms with Crippen LogP contribution >= 0.6 is 11.8 Å². The highest BCUT2D eigenvalue weighted by molar-refractivity contribution is 7.99. The Morgan fingerprint density at radius 1 is 1.38 bits per heavy atom. The first-order valence-corrected chi connectivity index (χ1v) is 7.59. The molecule has 0 aromatic heterocycles. The smallest absolute Gasteiger partial charge is 0.341 e. The molecule has 0 fully saturated rings. The first kappa shape index (κ1) is 17.2. The van der Waals surface area contributed by atoms with E-state index in [1.807, 2.05) is 20.1 Å². The molecule has 116 valence electrons. The van der Waals surface area contributed by atoms with Crippen LogP contribution in [-0.2, 0) is 4.79 Å². The van der Waals surface area contributed by atoms with Crippen LogP contribution in [-0.4, -0.2) is 41.3 Å². The Hall–Kier alpha value is -1.89. The Morgan fingerprint density at radius 3 is 2.71 bits per heavy atom. The molecule has 0 saturated heterocycles. The summed E-state index contributed by atoms with van der Waals surface area (Å²) in [5, 5.41) is 14.0. The molecule has 0 aliphatic rings. The second-order valence-electron chi connectivity index (χ2n) is 4.98. The first-order chi connectivity index (χ1) is 9.82. The minimum Gasteiger partial charge on any atom is -0.482 e. The summed E-state index contributed by atoms with van der Waals surface area (Å²) >= 11 is 1.67. The van der Waals surface area contributed by atoms with E-state index in [2.05, 4.69) is 10.6 Å². The predicted octanol–water partition coefficient (Wildman–Crippen LogP) is 2.41. The molecule has 0 bridgehead atoms. The SMILES string of the molecule is CSC(C)(C)CNC(=O)Nc1cccc(OCC(=O)O)c1. The van der Waals surface area contributed by atoms with Crippen LogP contribution < -0.4 is 15.4 Å². The highest BCUT2D eigenvalue weighted by Crippen LogP contribution is 2.20. The maximum absolute atomic E-state index is 11.8. The molecule has 1 rings (SSSR count). The number of aliphatic carboxylic acids is 1. The van der Waals surface area contributed by atoms with Crippen LogP contribution in [0.4, 0.5) is 10.5 Å². The number of thioether (sulfide) groups is 1. The quantitative estimate of drug-likeness (QED) is 0.719. The molecule has 21 heavy (non-hydrogen) atoms. The molecule has 0 unspecified atom stereocenters. The van der Waals surface area contributed by atoms with Gasteiger partial charge in [-0.2, -0.15) is 11.8 Å². The fourth-order valence-corrected chi connectivity index (χ4v) is 1.57. The lowest BCUT2D eigenvalue weighted by atomic mass is 10.2. The number of carboxylic acids is 1. The Bertz CT molecular complexity index is 506. The van der Waals surface area contributed by atoms with Crippen molar-refractivity contribution in [2.45, 2.75) is 18.6 Å². The van der Waals surface area contributed by atoms with Gasteiger partial charge in [0.25, 0.3) is 0 Å². The molecule has 3 N–H and O–H groups in total. The van der Waals surface area contributed by atoms with Crippen molar-refractivity contribution in [2.24, 2.45) is 0 Å². The number of amides is 2. The summed E-state index contributed by atoms with van der Waals surface area (Å²) in [6, 6.07) is 6.27. The van der Waals surface area contributed by atoms with E-state index in [0.717, 1.165) is 0 Å². The third-order valence-electron chi connectivity index (χ3n) is 2.68. The largest absolute Gasteiger partial charge is 0.482 e. The molecule has 0 atom stereocenters. The maximum atomic E-state index is 11.8. The van der Waals surface area contributed by atoms with E-state index in [4.69, 9.17) is 9.84 Å². The van der Waals surface area contributed by atoms with Gasteiger partial charge in [-0.3, -0.25) is 0 Å². The van der Waals surface area contributed by atoms with Gasteiger partial charge in [-0.25, -0.2) is 9.59 Å². The summed E-state index contributed by atoms with van der Waals surface area (Å²) in [6.45, 7) is 4.20. The van der Waals surface area contributed by atoms with E-state index in [1.165, 1.54) is 0 Å². The molecule has 1 aromatic rings.